The van der Waals surface area contributed by atoms with Crippen molar-refractivity contribution >= 4 is 28.5 Å². The van der Waals surface area contributed by atoms with Gasteiger partial charge >= 0.3 is 0 Å². The number of aryl methyl sites for hydroxylation is 3. The second kappa shape index (κ2) is 15.7. The average Bonchev–Trinajstić information content (AvgIpc) is 3.29. The highest BCUT2D eigenvalue weighted by Gasteiger charge is 2.35. The molecule has 0 unspecified atom stereocenters. The van der Waals surface area contributed by atoms with E-state index in [9.17, 15) is 0 Å². The van der Waals surface area contributed by atoms with Gasteiger partial charge in [0, 0.05) is 5.41 Å². The monoisotopic (exact) mass is 684 g/mol. The van der Waals surface area contributed by atoms with E-state index in [0.29, 0.717) is 0 Å². The second-order valence-corrected chi connectivity index (χ2v) is 14.8. The van der Waals surface area contributed by atoms with Gasteiger partial charge in [-0.3, -0.25) is 0 Å². The Morgan fingerprint density at radius 1 is 0.509 bits per heavy atom. The molecule has 0 heterocycles. The van der Waals surface area contributed by atoms with Crippen LogP contribution in [0.5, 0.6) is 0 Å². The van der Waals surface area contributed by atoms with E-state index < -0.39 is 0 Å². The first-order chi connectivity index (χ1) is 25.8. The summed E-state index contributed by atoms with van der Waals surface area (Å²) in [6, 6.07) is 56.6. The van der Waals surface area contributed by atoms with E-state index in [1.54, 1.807) is 0 Å². The maximum absolute atomic E-state index is 3.26. The van der Waals surface area contributed by atoms with E-state index in [1.807, 2.05) is 12.1 Å². The van der Waals surface area contributed by atoms with Gasteiger partial charge in [0.1, 0.15) is 0 Å². The van der Waals surface area contributed by atoms with Crippen molar-refractivity contribution in [3.63, 3.8) is 0 Å². The molecule has 0 heteroatoms. The summed E-state index contributed by atoms with van der Waals surface area (Å²) in [5.41, 5.74) is 20.5. The molecule has 0 spiro atoms. The van der Waals surface area contributed by atoms with Crippen molar-refractivity contribution in [3.05, 3.63) is 214 Å². The highest BCUT2D eigenvalue weighted by atomic mass is 14.4. The first kappa shape index (κ1) is 35.5. The van der Waals surface area contributed by atoms with Crippen LogP contribution in [0.4, 0.5) is 0 Å². The van der Waals surface area contributed by atoms with Crippen LogP contribution >= 0.6 is 0 Å². The van der Waals surface area contributed by atoms with Gasteiger partial charge in [-0.15, -0.1) is 5.73 Å². The van der Waals surface area contributed by atoms with Gasteiger partial charge in [0.15, 0.2) is 0 Å². The summed E-state index contributed by atoms with van der Waals surface area (Å²) in [5.74, 6) is 0. The molecule has 0 aliphatic heterocycles. The molecule has 7 aromatic rings. The first-order valence-electron chi connectivity index (χ1n) is 18.9. The molecule has 0 amide bonds. The lowest BCUT2D eigenvalue weighted by atomic mass is 9.81. The van der Waals surface area contributed by atoms with Gasteiger partial charge in [-0.2, -0.15) is 0 Å². The Labute approximate surface area is 316 Å². The van der Waals surface area contributed by atoms with Crippen molar-refractivity contribution in [3.8, 4) is 22.3 Å². The minimum Gasteiger partial charge on any atom is -0.120 e. The SMILES string of the molecule is CCCc1ccccc1.Cc1ccc2c(c1)C(C)(C)c1cc(-c3cccc4ccccc34)ccc1-2.Cc1ccc2c(c1)C=C=CC(c1ccccc1)=C2. The third-order valence-corrected chi connectivity index (χ3v) is 10.5. The van der Waals surface area contributed by atoms with Crippen molar-refractivity contribution < 1.29 is 0 Å². The highest BCUT2D eigenvalue weighted by Crippen LogP contribution is 2.50. The zero-order valence-electron chi connectivity index (χ0n) is 31.7. The Morgan fingerprint density at radius 2 is 1.15 bits per heavy atom. The molecule has 0 aromatic heterocycles. The molecule has 0 radical (unpaired) electrons. The average molecular weight is 685 g/mol. The minimum absolute atomic E-state index is 0.0390. The number of fused-ring (bicyclic) bond motifs is 5. The smallest absolute Gasteiger partial charge is 0.0159 e. The molecule has 2 aliphatic rings. The number of benzene rings is 7. The Hall–Kier alpha value is -5.94. The second-order valence-electron chi connectivity index (χ2n) is 14.8. The molecule has 0 N–H and O–H groups in total. The fourth-order valence-electron chi connectivity index (χ4n) is 7.61. The van der Waals surface area contributed by atoms with Crippen LogP contribution in [0.1, 0.15) is 71.7 Å². The molecule has 7 aromatic carbocycles. The number of rotatable bonds is 4. The van der Waals surface area contributed by atoms with Gasteiger partial charge in [-0.25, -0.2) is 0 Å². The van der Waals surface area contributed by atoms with Crippen molar-refractivity contribution in [2.75, 3.05) is 0 Å². The van der Waals surface area contributed by atoms with E-state index in [0.717, 1.165) is 0 Å². The van der Waals surface area contributed by atoms with Crippen LogP contribution in [0.3, 0.4) is 0 Å². The van der Waals surface area contributed by atoms with E-state index in [2.05, 4.69) is 204 Å². The van der Waals surface area contributed by atoms with Gasteiger partial charge in [0.05, 0.1) is 0 Å². The van der Waals surface area contributed by atoms with Crippen molar-refractivity contribution in [1.29, 1.82) is 0 Å². The Balaban J connectivity index is 0.000000139. The van der Waals surface area contributed by atoms with E-state index in [4.69, 9.17) is 0 Å². The predicted octanol–water partition coefficient (Wildman–Crippen LogP) is 14.5. The normalized spacial score (nSPS) is 13.0. The molecule has 2 aliphatic carbocycles. The number of hydrogen-bond donors (Lipinski definition) is 0. The van der Waals surface area contributed by atoms with Crippen molar-refractivity contribution in [2.45, 2.75) is 52.9 Å². The van der Waals surface area contributed by atoms with Crippen LogP contribution in [0, 0.1) is 13.8 Å². The van der Waals surface area contributed by atoms with Crippen molar-refractivity contribution in [1.82, 2.24) is 0 Å². The van der Waals surface area contributed by atoms with Crippen LogP contribution in [-0.2, 0) is 11.8 Å². The third kappa shape index (κ3) is 7.80. The van der Waals surface area contributed by atoms with Gasteiger partial charge < -0.3 is 0 Å². The van der Waals surface area contributed by atoms with Crippen LogP contribution in [0.25, 0.3) is 50.8 Å². The molecular weight excluding hydrogens is 637 g/mol. The fraction of sp³-hybridized carbons (Fsp3) is 0.151. The molecule has 0 fully saturated rings. The zero-order valence-corrected chi connectivity index (χ0v) is 31.7. The predicted molar refractivity (Wildman–Crippen MR) is 230 cm³/mol. The van der Waals surface area contributed by atoms with E-state index in [-0.39, 0.29) is 5.41 Å². The quantitative estimate of drug-likeness (QED) is 0.162. The molecule has 0 atom stereocenters. The Morgan fingerprint density at radius 3 is 1.92 bits per heavy atom. The Bertz CT molecular complexity index is 2460. The van der Waals surface area contributed by atoms with Crippen LogP contribution in [0.2, 0.25) is 0 Å². The maximum Gasteiger partial charge on any atom is 0.0159 e. The summed E-state index contributed by atoms with van der Waals surface area (Å²) >= 11 is 0. The topological polar surface area (TPSA) is 0 Å². The zero-order chi connectivity index (χ0) is 36.8. The van der Waals surface area contributed by atoms with Gasteiger partial charge in [0.2, 0.25) is 0 Å². The van der Waals surface area contributed by atoms with Gasteiger partial charge in [-0.1, -0.05) is 190 Å². The highest BCUT2D eigenvalue weighted by molar-refractivity contribution is 5.97. The molecular formula is C53H48. The molecule has 53 heavy (non-hydrogen) atoms. The number of allylic oxidation sites excluding steroid dienone is 2. The summed E-state index contributed by atoms with van der Waals surface area (Å²) in [4.78, 5) is 0. The van der Waals surface area contributed by atoms with E-state index >= 15 is 0 Å². The van der Waals surface area contributed by atoms with Crippen LogP contribution in [0.15, 0.2) is 170 Å². The first-order valence-corrected chi connectivity index (χ1v) is 18.9. The Kier molecular flexibility index (Phi) is 10.5. The number of hydrogen-bond acceptors (Lipinski definition) is 0. The molecule has 0 bridgehead atoms. The summed E-state index contributed by atoms with van der Waals surface area (Å²) in [6.07, 6.45) is 8.77. The van der Waals surface area contributed by atoms with Crippen LogP contribution in [-0.4, -0.2) is 0 Å². The lowest BCUT2D eigenvalue weighted by Crippen LogP contribution is -2.15. The van der Waals surface area contributed by atoms with Gasteiger partial charge in [-0.05, 0) is 117 Å². The maximum atomic E-state index is 3.26. The van der Waals surface area contributed by atoms with Crippen molar-refractivity contribution in [2.24, 2.45) is 0 Å². The molecule has 0 saturated carbocycles. The molecule has 260 valence electrons. The lowest BCUT2D eigenvalue weighted by Gasteiger charge is -2.22. The van der Waals surface area contributed by atoms with Crippen LogP contribution < -0.4 is 0 Å². The third-order valence-electron chi connectivity index (χ3n) is 10.5. The lowest BCUT2D eigenvalue weighted by molar-refractivity contribution is 0.660. The summed E-state index contributed by atoms with van der Waals surface area (Å²) < 4.78 is 0. The minimum atomic E-state index is 0.0390. The molecule has 9 rings (SSSR count). The molecule has 0 nitrogen and oxygen atoms in total. The summed E-state index contributed by atoms with van der Waals surface area (Å²) in [6.45, 7) is 11.2. The fourth-order valence-corrected chi connectivity index (χ4v) is 7.61. The molecule has 0 saturated heterocycles. The summed E-state index contributed by atoms with van der Waals surface area (Å²) in [5, 5.41) is 2.61. The summed E-state index contributed by atoms with van der Waals surface area (Å²) in [7, 11) is 0. The standard InChI is InChI=1S/C26H22.C18H14.C9H12/c1-17-11-13-22-23-14-12-19(16-25(23)26(2,3)24(22)15-17)21-10-6-8-18-7-4-5-9-20(18)21;1-14-10-11-18-13-17(9-5-8-16(18)12-14)15-6-3-2-4-7-15;1-2-6-9-7-4-3-5-8-9/h4-16H,1-3H3;2-4,6-13H,1H3;3-5,7-8H,2,6H2,1H3. The largest absolute Gasteiger partial charge is 0.120 e. The van der Waals surface area contributed by atoms with E-state index in [1.165, 1.54) is 95.9 Å². The van der Waals surface area contributed by atoms with Gasteiger partial charge in [0.25, 0.3) is 0 Å².